The predicted molar refractivity (Wildman–Crippen MR) is 112 cm³/mol. The van der Waals surface area contributed by atoms with Crippen molar-refractivity contribution >= 4 is 11.6 Å². The van der Waals surface area contributed by atoms with Crippen LogP contribution in [0.5, 0.6) is 5.75 Å². The number of hydrogen-bond acceptors (Lipinski definition) is 4. The molecular weight excluding hydrogens is 352 g/mol. The molecule has 1 saturated heterocycles. The van der Waals surface area contributed by atoms with Crippen molar-refractivity contribution in [3.8, 4) is 5.75 Å². The molecule has 28 heavy (non-hydrogen) atoms. The quantitative estimate of drug-likeness (QED) is 0.758. The fourth-order valence-corrected chi connectivity index (χ4v) is 3.36. The Balaban J connectivity index is 1.40. The SMILES string of the molecule is Cc1cccc(C)c1OCCC(=O)Nc1ccc(CCN2CCOCC2)cc1. The van der Waals surface area contributed by atoms with Crippen LogP contribution < -0.4 is 10.1 Å². The molecule has 1 aliphatic rings. The molecule has 0 unspecified atom stereocenters. The summed E-state index contributed by atoms with van der Waals surface area (Å²) in [5, 5.41) is 2.94. The van der Waals surface area contributed by atoms with E-state index in [1.807, 2.05) is 44.2 Å². The molecule has 0 spiro atoms. The lowest BCUT2D eigenvalue weighted by Crippen LogP contribution is -2.37. The molecule has 0 aromatic heterocycles. The number of benzene rings is 2. The first-order valence-electron chi connectivity index (χ1n) is 10.00. The molecule has 5 nitrogen and oxygen atoms in total. The second kappa shape index (κ2) is 10.2. The largest absolute Gasteiger partial charge is 0.493 e. The number of hydrogen-bond donors (Lipinski definition) is 1. The minimum Gasteiger partial charge on any atom is -0.493 e. The topological polar surface area (TPSA) is 50.8 Å². The van der Waals surface area contributed by atoms with E-state index in [2.05, 4.69) is 22.3 Å². The zero-order chi connectivity index (χ0) is 19.8. The number of carbonyl (C=O) groups is 1. The molecule has 3 rings (SSSR count). The number of aryl methyl sites for hydroxylation is 2. The maximum absolute atomic E-state index is 12.2. The molecule has 2 aromatic carbocycles. The third kappa shape index (κ3) is 6.08. The summed E-state index contributed by atoms with van der Waals surface area (Å²) < 4.78 is 11.2. The van der Waals surface area contributed by atoms with Crippen LogP contribution in [0, 0.1) is 13.8 Å². The monoisotopic (exact) mass is 382 g/mol. The Morgan fingerprint density at radius 1 is 1.07 bits per heavy atom. The number of morpholine rings is 1. The number of ether oxygens (including phenoxy) is 2. The van der Waals surface area contributed by atoms with Gasteiger partial charge in [-0.2, -0.15) is 0 Å². The molecule has 2 aromatic rings. The summed E-state index contributed by atoms with van der Waals surface area (Å²) in [5.74, 6) is 0.840. The Hall–Kier alpha value is -2.37. The van der Waals surface area contributed by atoms with E-state index >= 15 is 0 Å². The molecule has 150 valence electrons. The van der Waals surface area contributed by atoms with Gasteiger partial charge in [-0.15, -0.1) is 0 Å². The smallest absolute Gasteiger partial charge is 0.227 e. The van der Waals surface area contributed by atoms with Crippen LogP contribution >= 0.6 is 0 Å². The number of amides is 1. The van der Waals surface area contributed by atoms with Crippen LogP contribution in [-0.2, 0) is 16.0 Å². The van der Waals surface area contributed by atoms with Crippen molar-refractivity contribution in [3.63, 3.8) is 0 Å². The summed E-state index contributed by atoms with van der Waals surface area (Å²) in [6, 6.07) is 14.2. The molecule has 0 saturated carbocycles. The van der Waals surface area contributed by atoms with Gasteiger partial charge < -0.3 is 14.8 Å². The van der Waals surface area contributed by atoms with Gasteiger partial charge in [-0.3, -0.25) is 9.69 Å². The van der Waals surface area contributed by atoms with Gasteiger partial charge >= 0.3 is 0 Å². The lowest BCUT2D eigenvalue weighted by molar-refractivity contribution is -0.116. The number of anilines is 1. The highest BCUT2D eigenvalue weighted by Gasteiger charge is 2.10. The summed E-state index contributed by atoms with van der Waals surface area (Å²) in [4.78, 5) is 14.6. The predicted octanol–water partition coefficient (Wildman–Crippen LogP) is 3.59. The average Bonchev–Trinajstić information content (AvgIpc) is 2.70. The van der Waals surface area contributed by atoms with Gasteiger partial charge in [-0.25, -0.2) is 0 Å². The van der Waals surface area contributed by atoms with E-state index in [0.717, 1.165) is 61.8 Å². The van der Waals surface area contributed by atoms with Gasteiger partial charge in [0.1, 0.15) is 5.75 Å². The summed E-state index contributed by atoms with van der Waals surface area (Å²) in [7, 11) is 0. The Kier molecular flexibility index (Phi) is 7.46. The van der Waals surface area contributed by atoms with Gasteiger partial charge in [0.25, 0.3) is 0 Å². The molecule has 1 heterocycles. The molecule has 1 fully saturated rings. The highest BCUT2D eigenvalue weighted by atomic mass is 16.5. The van der Waals surface area contributed by atoms with Crippen molar-refractivity contribution < 1.29 is 14.3 Å². The normalized spacial score (nSPS) is 14.6. The van der Waals surface area contributed by atoms with Gasteiger partial charge in [-0.05, 0) is 49.1 Å². The minimum atomic E-state index is -0.0349. The highest BCUT2D eigenvalue weighted by molar-refractivity contribution is 5.90. The Morgan fingerprint density at radius 2 is 1.75 bits per heavy atom. The second-order valence-electron chi connectivity index (χ2n) is 7.27. The second-order valence-corrected chi connectivity index (χ2v) is 7.27. The van der Waals surface area contributed by atoms with Gasteiger partial charge in [0.05, 0.1) is 26.2 Å². The van der Waals surface area contributed by atoms with E-state index in [1.54, 1.807) is 0 Å². The van der Waals surface area contributed by atoms with E-state index in [1.165, 1.54) is 5.56 Å². The summed E-state index contributed by atoms with van der Waals surface area (Å²) in [5.41, 5.74) is 4.29. The third-order valence-corrected chi connectivity index (χ3v) is 5.04. The number of carbonyl (C=O) groups excluding carboxylic acids is 1. The van der Waals surface area contributed by atoms with E-state index in [-0.39, 0.29) is 5.91 Å². The molecule has 0 atom stereocenters. The van der Waals surface area contributed by atoms with Gasteiger partial charge in [0, 0.05) is 25.3 Å². The molecule has 0 aliphatic carbocycles. The highest BCUT2D eigenvalue weighted by Crippen LogP contribution is 2.22. The summed E-state index contributed by atoms with van der Waals surface area (Å²) in [6.07, 6.45) is 1.34. The lowest BCUT2D eigenvalue weighted by Gasteiger charge is -2.26. The Morgan fingerprint density at radius 3 is 2.43 bits per heavy atom. The van der Waals surface area contributed by atoms with Crippen molar-refractivity contribution in [1.82, 2.24) is 4.90 Å². The van der Waals surface area contributed by atoms with Crippen molar-refractivity contribution in [1.29, 1.82) is 0 Å². The molecule has 1 amide bonds. The lowest BCUT2D eigenvalue weighted by atomic mass is 10.1. The molecule has 0 bridgehead atoms. The van der Waals surface area contributed by atoms with Gasteiger partial charge in [0.15, 0.2) is 0 Å². The van der Waals surface area contributed by atoms with Crippen LogP contribution in [-0.4, -0.2) is 50.3 Å². The average molecular weight is 383 g/mol. The van der Waals surface area contributed by atoms with Gasteiger partial charge in [-0.1, -0.05) is 30.3 Å². The van der Waals surface area contributed by atoms with E-state index in [0.29, 0.717) is 13.0 Å². The minimum absolute atomic E-state index is 0.0349. The van der Waals surface area contributed by atoms with Crippen LogP contribution in [0.3, 0.4) is 0 Å². The Bertz CT molecular complexity index is 748. The fourth-order valence-electron chi connectivity index (χ4n) is 3.36. The zero-order valence-electron chi connectivity index (χ0n) is 16.9. The molecule has 1 N–H and O–H groups in total. The van der Waals surface area contributed by atoms with E-state index in [4.69, 9.17) is 9.47 Å². The number of nitrogens with zero attached hydrogens (tertiary/aromatic N) is 1. The standard InChI is InChI=1S/C23H30N2O3/c1-18-4-3-5-19(2)23(18)28-15-11-22(26)24-21-8-6-20(7-9-21)10-12-25-13-16-27-17-14-25/h3-9H,10-17H2,1-2H3,(H,24,26). The Labute approximate surface area is 167 Å². The third-order valence-electron chi connectivity index (χ3n) is 5.04. The zero-order valence-corrected chi connectivity index (χ0v) is 16.9. The summed E-state index contributed by atoms with van der Waals surface area (Å²) >= 11 is 0. The molecule has 0 radical (unpaired) electrons. The van der Waals surface area contributed by atoms with Crippen molar-refractivity contribution in [2.45, 2.75) is 26.7 Å². The van der Waals surface area contributed by atoms with E-state index < -0.39 is 0 Å². The maximum Gasteiger partial charge on any atom is 0.227 e. The number of rotatable bonds is 8. The van der Waals surface area contributed by atoms with Crippen molar-refractivity contribution in [2.75, 3.05) is 44.8 Å². The van der Waals surface area contributed by atoms with Gasteiger partial charge in [0.2, 0.25) is 5.91 Å². The van der Waals surface area contributed by atoms with Crippen LogP contribution in [0.15, 0.2) is 42.5 Å². The number of para-hydroxylation sites is 1. The van der Waals surface area contributed by atoms with E-state index in [9.17, 15) is 4.79 Å². The first-order chi connectivity index (χ1) is 13.6. The molecule has 5 heteroatoms. The first-order valence-corrected chi connectivity index (χ1v) is 10.00. The molecular formula is C23H30N2O3. The first kappa shape index (κ1) is 20.4. The number of nitrogens with one attached hydrogen (secondary N) is 1. The van der Waals surface area contributed by atoms with Crippen LogP contribution in [0.25, 0.3) is 0 Å². The van der Waals surface area contributed by atoms with Crippen LogP contribution in [0.2, 0.25) is 0 Å². The van der Waals surface area contributed by atoms with Crippen LogP contribution in [0.4, 0.5) is 5.69 Å². The fraction of sp³-hybridized carbons (Fsp3) is 0.435. The summed E-state index contributed by atoms with van der Waals surface area (Å²) in [6.45, 7) is 9.14. The molecule has 1 aliphatic heterocycles. The maximum atomic E-state index is 12.2. The van der Waals surface area contributed by atoms with Crippen LogP contribution in [0.1, 0.15) is 23.1 Å². The van der Waals surface area contributed by atoms with Crippen molar-refractivity contribution in [3.05, 3.63) is 59.2 Å². The van der Waals surface area contributed by atoms with Crippen molar-refractivity contribution in [2.24, 2.45) is 0 Å².